The van der Waals surface area contributed by atoms with Crippen LogP contribution in [-0.2, 0) is 10.0 Å². The maximum absolute atomic E-state index is 13.9. The highest BCUT2D eigenvalue weighted by Crippen LogP contribution is 2.25. The van der Waals surface area contributed by atoms with Gasteiger partial charge in [0, 0.05) is 32.4 Å². The summed E-state index contributed by atoms with van der Waals surface area (Å²) in [4.78, 5) is 14.4. The second kappa shape index (κ2) is 8.17. The van der Waals surface area contributed by atoms with Crippen LogP contribution in [0.3, 0.4) is 0 Å². The van der Waals surface area contributed by atoms with Crippen LogP contribution in [0.15, 0.2) is 65.7 Å². The van der Waals surface area contributed by atoms with E-state index in [0.717, 1.165) is 0 Å². The molecule has 0 N–H and O–H groups in total. The number of carbonyl (C=O) groups is 1. The molecule has 1 aromatic heterocycles. The number of aromatic nitrogens is 2. The fraction of sp³-hybridized carbons (Fsp3) is 0.200. The molecule has 156 valence electrons. The third-order valence-electron chi connectivity index (χ3n) is 4.89. The van der Waals surface area contributed by atoms with Crippen LogP contribution in [-0.4, -0.2) is 59.5 Å². The van der Waals surface area contributed by atoms with Crippen LogP contribution in [0.4, 0.5) is 4.39 Å². The van der Waals surface area contributed by atoms with Gasteiger partial charge in [-0.2, -0.15) is 9.40 Å². The number of amides is 1. The van der Waals surface area contributed by atoms with E-state index in [9.17, 15) is 17.6 Å². The van der Waals surface area contributed by atoms with Crippen molar-refractivity contribution in [3.63, 3.8) is 0 Å². The molecule has 0 spiro atoms. The van der Waals surface area contributed by atoms with Crippen molar-refractivity contribution in [1.29, 1.82) is 0 Å². The Morgan fingerprint density at radius 1 is 0.967 bits per heavy atom. The summed E-state index contributed by atoms with van der Waals surface area (Å²) in [5, 5.41) is 4.34. The standard InChI is InChI=1S/C20H18ClFN4O3S/c21-15-5-1-4-8-19(15)30(28,29)25-13-11-24(12-14-25)20(27)17-9-10-26(23-17)18-7-3-2-6-16(18)22/h1-10H,11-14H2. The largest absolute Gasteiger partial charge is 0.335 e. The Kier molecular flexibility index (Phi) is 5.59. The minimum absolute atomic E-state index is 0.0510. The first kappa shape index (κ1) is 20.5. The van der Waals surface area contributed by atoms with Gasteiger partial charge in [-0.05, 0) is 30.3 Å². The molecular formula is C20H18ClFN4O3S. The number of para-hydroxylation sites is 1. The fourth-order valence-corrected chi connectivity index (χ4v) is 5.21. The van der Waals surface area contributed by atoms with Gasteiger partial charge in [0.1, 0.15) is 16.4 Å². The smallest absolute Gasteiger partial charge is 0.274 e. The Morgan fingerprint density at radius 3 is 2.33 bits per heavy atom. The summed E-state index contributed by atoms with van der Waals surface area (Å²) in [6.07, 6.45) is 1.52. The number of sulfonamides is 1. The molecule has 0 saturated carbocycles. The second-order valence-corrected chi connectivity index (χ2v) is 9.04. The van der Waals surface area contributed by atoms with Crippen molar-refractivity contribution < 1.29 is 17.6 Å². The molecule has 2 aromatic carbocycles. The Bertz CT molecular complexity index is 1190. The van der Waals surface area contributed by atoms with Crippen molar-refractivity contribution in [2.45, 2.75) is 4.90 Å². The second-order valence-electron chi connectivity index (χ2n) is 6.72. The first-order valence-electron chi connectivity index (χ1n) is 9.22. The highest BCUT2D eigenvalue weighted by molar-refractivity contribution is 7.89. The lowest BCUT2D eigenvalue weighted by atomic mass is 10.3. The molecule has 2 heterocycles. The molecule has 1 fully saturated rings. The number of rotatable bonds is 4. The lowest BCUT2D eigenvalue weighted by Crippen LogP contribution is -2.50. The lowest BCUT2D eigenvalue weighted by Gasteiger charge is -2.33. The number of nitrogens with zero attached hydrogens (tertiary/aromatic N) is 4. The van der Waals surface area contributed by atoms with Gasteiger partial charge in [-0.1, -0.05) is 35.9 Å². The molecule has 30 heavy (non-hydrogen) atoms. The normalized spacial score (nSPS) is 15.3. The fourth-order valence-electron chi connectivity index (χ4n) is 3.30. The topological polar surface area (TPSA) is 75.5 Å². The quantitative estimate of drug-likeness (QED) is 0.615. The molecule has 0 radical (unpaired) electrons. The van der Waals surface area contributed by atoms with Crippen molar-refractivity contribution in [2.75, 3.05) is 26.2 Å². The minimum Gasteiger partial charge on any atom is -0.335 e. The maximum Gasteiger partial charge on any atom is 0.274 e. The van der Waals surface area contributed by atoms with Crippen LogP contribution >= 0.6 is 11.6 Å². The van der Waals surface area contributed by atoms with E-state index in [1.807, 2.05) is 0 Å². The van der Waals surface area contributed by atoms with Crippen molar-refractivity contribution >= 4 is 27.5 Å². The molecule has 3 aromatic rings. The van der Waals surface area contributed by atoms with Crippen molar-refractivity contribution in [1.82, 2.24) is 19.0 Å². The van der Waals surface area contributed by atoms with Crippen molar-refractivity contribution in [3.8, 4) is 5.69 Å². The van der Waals surface area contributed by atoms with E-state index in [1.165, 1.54) is 44.3 Å². The van der Waals surface area contributed by atoms with Crippen LogP contribution < -0.4 is 0 Å². The molecule has 0 aliphatic carbocycles. The van der Waals surface area contributed by atoms with Gasteiger partial charge in [0.05, 0.1) is 5.02 Å². The predicted octanol–water partition coefficient (Wildman–Crippen LogP) is 2.81. The van der Waals surface area contributed by atoms with Crippen LogP contribution in [0.2, 0.25) is 5.02 Å². The number of carbonyl (C=O) groups excluding carboxylic acids is 1. The average molecular weight is 449 g/mol. The molecule has 4 rings (SSSR count). The Hall–Kier alpha value is -2.75. The van der Waals surface area contributed by atoms with Gasteiger partial charge in [-0.15, -0.1) is 0 Å². The van der Waals surface area contributed by atoms with E-state index in [0.29, 0.717) is 0 Å². The van der Waals surface area contributed by atoms with Crippen LogP contribution in [0.25, 0.3) is 5.69 Å². The number of hydrogen-bond acceptors (Lipinski definition) is 4. The predicted molar refractivity (Wildman–Crippen MR) is 110 cm³/mol. The Morgan fingerprint density at radius 2 is 1.63 bits per heavy atom. The highest BCUT2D eigenvalue weighted by Gasteiger charge is 2.32. The highest BCUT2D eigenvalue weighted by atomic mass is 35.5. The Balaban J connectivity index is 1.45. The van der Waals surface area contributed by atoms with E-state index in [2.05, 4.69) is 5.10 Å². The van der Waals surface area contributed by atoms with E-state index in [4.69, 9.17) is 11.6 Å². The number of benzene rings is 2. The first-order chi connectivity index (χ1) is 14.4. The maximum atomic E-state index is 13.9. The van der Waals surface area contributed by atoms with Gasteiger partial charge >= 0.3 is 0 Å². The minimum atomic E-state index is -3.74. The van der Waals surface area contributed by atoms with Gasteiger partial charge in [-0.3, -0.25) is 4.79 Å². The van der Waals surface area contributed by atoms with Crippen molar-refractivity contribution in [3.05, 3.63) is 77.3 Å². The molecular weight excluding hydrogens is 431 g/mol. The summed E-state index contributed by atoms with van der Waals surface area (Å²) in [5.74, 6) is -0.780. The summed E-state index contributed by atoms with van der Waals surface area (Å²) in [6, 6.07) is 13.9. The SMILES string of the molecule is O=C(c1ccn(-c2ccccc2F)n1)N1CCN(S(=O)(=O)c2ccccc2Cl)CC1. The summed E-state index contributed by atoms with van der Waals surface area (Å²) in [5.41, 5.74) is 0.410. The molecule has 0 atom stereocenters. The molecule has 0 bridgehead atoms. The number of hydrogen-bond donors (Lipinski definition) is 0. The zero-order valence-corrected chi connectivity index (χ0v) is 17.4. The summed E-state index contributed by atoms with van der Waals surface area (Å²) in [7, 11) is -3.74. The van der Waals surface area contributed by atoms with E-state index < -0.39 is 15.8 Å². The monoisotopic (exact) mass is 448 g/mol. The van der Waals surface area contributed by atoms with Crippen molar-refractivity contribution in [2.24, 2.45) is 0 Å². The van der Waals surface area contributed by atoms with Gasteiger partial charge in [0.15, 0.2) is 5.69 Å². The van der Waals surface area contributed by atoms with Gasteiger partial charge in [0.2, 0.25) is 10.0 Å². The lowest BCUT2D eigenvalue weighted by molar-refractivity contribution is 0.0691. The molecule has 10 heteroatoms. The third-order valence-corrected chi connectivity index (χ3v) is 7.29. The summed E-state index contributed by atoms with van der Waals surface area (Å²) >= 11 is 6.04. The van der Waals surface area contributed by atoms with Crippen LogP contribution in [0.5, 0.6) is 0 Å². The van der Waals surface area contributed by atoms with E-state index in [1.54, 1.807) is 30.3 Å². The van der Waals surface area contributed by atoms with Gasteiger partial charge < -0.3 is 4.90 Å². The third kappa shape index (κ3) is 3.83. The van der Waals surface area contributed by atoms with E-state index >= 15 is 0 Å². The average Bonchev–Trinajstić information content (AvgIpc) is 3.24. The molecule has 1 aliphatic rings. The number of piperazine rings is 1. The van der Waals surface area contributed by atoms with Gasteiger partial charge in [0.25, 0.3) is 5.91 Å². The molecule has 0 unspecified atom stereocenters. The molecule has 1 aliphatic heterocycles. The molecule has 1 amide bonds. The first-order valence-corrected chi connectivity index (χ1v) is 11.0. The van der Waals surface area contributed by atoms with Crippen LogP contribution in [0, 0.1) is 5.82 Å². The zero-order valence-electron chi connectivity index (χ0n) is 15.8. The zero-order chi connectivity index (χ0) is 21.3. The summed E-state index contributed by atoms with van der Waals surface area (Å²) in [6.45, 7) is 0.727. The van der Waals surface area contributed by atoms with Gasteiger partial charge in [-0.25, -0.2) is 17.5 Å². The van der Waals surface area contributed by atoms with Crippen LogP contribution in [0.1, 0.15) is 10.5 Å². The molecule has 1 saturated heterocycles. The Labute approximate surface area is 178 Å². The summed E-state index contributed by atoms with van der Waals surface area (Å²) < 4.78 is 42.2. The number of halogens is 2. The van der Waals surface area contributed by atoms with E-state index in [-0.39, 0.29) is 53.4 Å². The molecule has 7 nitrogen and oxygen atoms in total.